The van der Waals surface area contributed by atoms with Crippen molar-refractivity contribution in [3.63, 3.8) is 0 Å². The number of hydrogen-bond acceptors (Lipinski definition) is 4. The molecule has 2 rings (SSSR count). The van der Waals surface area contributed by atoms with Gasteiger partial charge in [0.25, 0.3) is 5.91 Å². The summed E-state index contributed by atoms with van der Waals surface area (Å²) < 4.78 is 5.48. The molecule has 0 aromatic carbocycles. The minimum atomic E-state index is -0.132. The number of carbonyl (C=O) groups excluding carboxylic acids is 1. The summed E-state index contributed by atoms with van der Waals surface area (Å²) in [6.07, 6.45) is 1.19. The van der Waals surface area contributed by atoms with Crippen LogP contribution in [0, 0.1) is 5.92 Å². The van der Waals surface area contributed by atoms with Crippen LogP contribution in [0.4, 0.5) is 5.82 Å². The number of halogens is 1. The lowest BCUT2D eigenvalue weighted by molar-refractivity contribution is 0.0907. The van der Waals surface area contributed by atoms with Gasteiger partial charge in [0.2, 0.25) is 0 Å². The first-order valence-electron chi connectivity index (χ1n) is 6.91. The minimum Gasteiger partial charge on any atom is -0.378 e. The van der Waals surface area contributed by atoms with Crippen LogP contribution in [-0.2, 0) is 4.74 Å². The van der Waals surface area contributed by atoms with E-state index in [0.717, 1.165) is 19.6 Å². The third kappa shape index (κ3) is 3.84. The summed E-state index contributed by atoms with van der Waals surface area (Å²) in [6.45, 7) is 6.12. The van der Waals surface area contributed by atoms with Gasteiger partial charge in [-0.3, -0.25) is 4.79 Å². The van der Waals surface area contributed by atoms with Gasteiger partial charge in [0, 0.05) is 31.2 Å². The Labute approximate surface area is 124 Å². The summed E-state index contributed by atoms with van der Waals surface area (Å²) in [6, 6.07) is 3.28. The van der Waals surface area contributed by atoms with Crippen molar-refractivity contribution in [2.45, 2.75) is 26.4 Å². The summed E-state index contributed by atoms with van der Waals surface area (Å²) in [5, 5.41) is 6.30. The maximum absolute atomic E-state index is 12.2. The molecule has 1 saturated heterocycles. The van der Waals surface area contributed by atoms with Gasteiger partial charge in [-0.25, -0.2) is 4.98 Å². The van der Waals surface area contributed by atoms with Crippen molar-refractivity contribution in [2.75, 3.05) is 25.0 Å². The van der Waals surface area contributed by atoms with Crippen molar-refractivity contribution in [3.8, 4) is 0 Å². The fourth-order valence-corrected chi connectivity index (χ4v) is 2.48. The number of aromatic nitrogens is 1. The van der Waals surface area contributed by atoms with E-state index < -0.39 is 0 Å². The van der Waals surface area contributed by atoms with E-state index in [1.165, 1.54) is 0 Å². The molecule has 6 heteroatoms. The highest BCUT2D eigenvalue weighted by Crippen LogP contribution is 2.20. The SMILES string of the molecule is CCNc1cc(C(=O)NCC2CCOC2C)cc(Cl)n1. The van der Waals surface area contributed by atoms with Crippen LogP contribution < -0.4 is 10.6 Å². The van der Waals surface area contributed by atoms with Gasteiger partial charge < -0.3 is 15.4 Å². The lowest BCUT2D eigenvalue weighted by Gasteiger charge is -2.15. The molecule has 0 radical (unpaired) electrons. The van der Waals surface area contributed by atoms with Gasteiger partial charge in [-0.15, -0.1) is 0 Å². The fourth-order valence-electron chi connectivity index (χ4n) is 2.27. The number of carbonyl (C=O) groups is 1. The molecule has 1 aromatic rings. The summed E-state index contributed by atoms with van der Waals surface area (Å²) in [5.74, 6) is 0.861. The quantitative estimate of drug-likeness (QED) is 0.819. The van der Waals surface area contributed by atoms with Crippen molar-refractivity contribution in [1.82, 2.24) is 10.3 Å². The molecule has 2 atom stereocenters. The van der Waals surface area contributed by atoms with E-state index in [-0.39, 0.29) is 12.0 Å². The second-order valence-corrected chi connectivity index (χ2v) is 5.32. The Bertz CT molecular complexity index is 481. The van der Waals surface area contributed by atoms with Crippen LogP contribution in [0.25, 0.3) is 0 Å². The van der Waals surface area contributed by atoms with Gasteiger partial charge in [-0.2, -0.15) is 0 Å². The third-order valence-electron chi connectivity index (χ3n) is 3.47. The molecule has 0 aliphatic carbocycles. The highest BCUT2D eigenvalue weighted by molar-refractivity contribution is 6.29. The predicted octanol–water partition coefficient (Wildman–Crippen LogP) is 2.32. The summed E-state index contributed by atoms with van der Waals surface area (Å²) in [7, 11) is 0. The number of amides is 1. The molecule has 1 aliphatic heterocycles. The Kier molecular flexibility index (Phi) is 5.20. The molecule has 1 aliphatic rings. The van der Waals surface area contributed by atoms with Crippen molar-refractivity contribution < 1.29 is 9.53 Å². The summed E-state index contributed by atoms with van der Waals surface area (Å²) in [5.41, 5.74) is 0.521. The van der Waals surface area contributed by atoms with Crippen LogP contribution in [0.15, 0.2) is 12.1 Å². The Morgan fingerprint density at radius 2 is 2.35 bits per heavy atom. The van der Waals surface area contributed by atoms with Crippen LogP contribution in [0.2, 0.25) is 5.15 Å². The number of nitrogens with zero attached hydrogens (tertiary/aromatic N) is 1. The molecule has 2 unspecified atom stereocenters. The molecule has 1 aromatic heterocycles. The minimum absolute atomic E-state index is 0.132. The second kappa shape index (κ2) is 6.90. The van der Waals surface area contributed by atoms with Gasteiger partial charge in [-0.05, 0) is 32.4 Å². The maximum atomic E-state index is 12.2. The molecular formula is C14H20ClN3O2. The van der Waals surface area contributed by atoms with Crippen LogP contribution >= 0.6 is 11.6 Å². The van der Waals surface area contributed by atoms with E-state index in [4.69, 9.17) is 16.3 Å². The molecule has 2 N–H and O–H groups in total. The Morgan fingerprint density at radius 1 is 1.55 bits per heavy atom. The Balaban J connectivity index is 1.97. The zero-order valence-electron chi connectivity index (χ0n) is 11.8. The largest absolute Gasteiger partial charge is 0.378 e. The molecule has 1 fully saturated rings. The zero-order chi connectivity index (χ0) is 14.5. The number of hydrogen-bond donors (Lipinski definition) is 2. The van der Waals surface area contributed by atoms with Crippen LogP contribution in [-0.4, -0.2) is 36.7 Å². The molecule has 0 bridgehead atoms. The number of ether oxygens (including phenoxy) is 1. The van der Waals surface area contributed by atoms with Crippen molar-refractivity contribution in [3.05, 3.63) is 22.8 Å². The Morgan fingerprint density at radius 3 is 3.00 bits per heavy atom. The average molecular weight is 298 g/mol. The van der Waals surface area contributed by atoms with E-state index in [2.05, 4.69) is 15.6 Å². The van der Waals surface area contributed by atoms with Crippen LogP contribution in [0.3, 0.4) is 0 Å². The lowest BCUT2D eigenvalue weighted by Crippen LogP contribution is -2.32. The molecule has 20 heavy (non-hydrogen) atoms. The second-order valence-electron chi connectivity index (χ2n) is 4.93. The van der Waals surface area contributed by atoms with Gasteiger partial charge in [0.15, 0.2) is 0 Å². The van der Waals surface area contributed by atoms with E-state index >= 15 is 0 Å². The van der Waals surface area contributed by atoms with E-state index in [1.54, 1.807) is 12.1 Å². The van der Waals surface area contributed by atoms with E-state index in [1.807, 2.05) is 13.8 Å². The number of anilines is 1. The maximum Gasteiger partial charge on any atom is 0.251 e. The van der Waals surface area contributed by atoms with E-state index in [9.17, 15) is 4.79 Å². The molecule has 2 heterocycles. The smallest absolute Gasteiger partial charge is 0.251 e. The molecular weight excluding hydrogens is 278 g/mol. The molecule has 5 nitrogen and oxygen atoms in total. The highest BCUT2D eigenvalue weighted by Gasteiger charge is 2.24. The summed E-state index contributed by atoms with van der Waals surface area (Å²) in [4.78, 5) is 16.3. The first-order chi connectivity index (χ1) is 9.60. The van der Waals surface area contributed by atoms with Crippen LogP contribution in [0.1, 0.15) is 30.6 Å². The van der Waals surface area contributed by atoms with Crippen molar-refractivity contribution in [2.24, 2.45) is 5.92 Å². The van der Waals surface area contributed by atoms with Gasteiger partial charge in [0.1, 0.15) is 11.0 Å². The number of rotatable bonds is 5. The number of nitrogens with one attached hydrogen (secondary N) is 2. The predicted molar refractivity (Wildman–Crippen MR) is 79.3 cm³/mol. The monoisotopic (exact) mass is 297 g/mol. The van der Waals surface area contributed by atoms with E-state index in [0.29, 0.717) is 29.0 Å². The molecule has 110 valence electrons. The Hall–Kier alpha value is -1.33. The molecule has 1 amide bonds. The topological polar surface area (TPSA) is 63.2 Å². The van der Waals surface area contributed by atoms with Crippen molar-refractivity contribution >= 4 is 23.3 Å². The molecule has 0 spiro atoms. The third-order valence-corrected chi connectivity index (χ3v) is 3.67. The van der Waals surface area contributed by atoms with Crippen molar-refractivity contribution in [1.29, 1.82) is 0 Å². The first kappa shape index (κ1) is 15.1. The zero-order valence-corrected chi connectivity index (χ0v) is 12.5. The average Bonchev–Trinajstić information content (AvgIpc) is 2.81. The normalized spacial score (nSPS) is 21.8. The fraction of sp³-hybridized carbons (Fsp3) is 0.571. The standard InChI is InChI=1S/C14H20ClN3O2/c1-3-16-13-7-11(6-12(15)18-13)14(19)17-8-10-4-5-20-9(10)2/h6-7,9-10H,3-5,8H2,1-2H3,(H,16,18)(H,17,19). The number of pyridine rings is 1. The summed E-state index contributed by atoms with van der Waals surface area (Å²) >= 11 is 5.93. The van der Waals surface area contributed by atoms with Gasteiger partial charge in [-0.1, -0.05) is 11.6 Å². The first-order valence-corrected chi connectivity index (χ1v) is 7.29. The van der Waals surface area contributed by atoms with Gasteiger partial charge in [0.05, 0.1) is 6.10 Å². The highest BCUT2D eigenvalue weighted by atomic mass is 35.5. The lowest BCUT2D eigenvalue weighted by atomic mass is 10.0. The van der Waals surface area contributed by atoms with Gasteiger partial charge >= 0.3 is 0 Å². The molecule has 0 saturated carbocycles. The van der Waals surface area contributed by atoms with Crippen LogP contribution in [0.5, 0.6) is 0 Å².